The number of rotatable bonds is 36. The normalized spacial score (nSPS) is 13.7. The van der Waals surface area contributed by atoms with Crippen LogP contribution < -0.4 is 5.32 Å². The van der Waals surface area contributed by atoms with Gasteiger partial charge < -0.3 is 10.4 Å². The average molecular weight is 696 g/mol. The van der Waals surface area contributed by atoms with Gasteiger partial charge in [-0.2, -0.15) is 8.42 Å². The molecular formula is C41H77NO5S. The number of allylic oxidation sites excluding steroid dienone is 5. The molecule has 2 atom stereocenters. The van der Waals surface area contributed by atoms with Gasteiger partial charge in [-0.25, -0.2) is 0 Å². The van der Waals surface area contributed by atoms with Crippen molar-refractivity contribution in [1.29, 1.82) is 0 Å². The highest BCUT2D eigenvalue weighted by atomic mass is 32.2. The maximum absolute atomic E-state index is 12.5. The summed E-state index contributed by atoms with van der Waals surface area (Å²) in [6.45, 7) is 4.40. The van der Waals surface area contributed by atoms with E-state index in [0.717, 1.165) is 44.9 Å². The lowest BCUT2D eigenvalue weighted by molar-refractivity contribution is -0.122. The minimum absolute atomic E-state index is 0.288. The summed E-state index contributed by atoms with van der Waals surface area (Å²) in [5.41, 5.74) is 0. The molecule has 0 aliphatic carbocycles. The van der Waals surface area contributed by atoms with Crippen LogP contribution in [0.15, 0.2) is 36.5 Å². The van der Waals surface area contributed by atoms with Crippen molar-refractivity contribution in [1.82, 2.24) is 5.32 Å². The van der Waals surface area contributed by atoms with Crippen molar-refractivity contribution in [3.63, 3.8) is 0 Å². The molecule has 3 N–H and O–H groups in total. The number of aliphatic hydroxyl groups excluding tert-OH is 1. The third-order valence-electron chi connectivity index (χ3n) is 9.06. The van der Waals surface area contributed by atoms with Crippen molar-refractivity contribution >= 4 is 16.0 Å². The Balaban J connectivity index is 3.79. The van der Waals surface area contributed by atoms with Gasteiger partial charge in [-0.05, 0) is 38.5 Å². The molecule has 0 aliphatic rings. The van der Waals surface area contributed by atoms with Crippen LogP contribution in [0.25, 0.3) is 0 Å². The molecule has 0 aromatic rings. The van der Waals surface area contributed by atoms with Gasteiger partial charge >= 0.3 is 0 Å². The molecule has 7 heteroatoms. The monoisotopic (exact) mass is 696 g/mol. The molecule has 0 saturated heterocycles. The lowest BCUT2D eigenvalue weighted by atomic mass is 10.0. The largest absolute Gasteiger partial charge is 0.387 e. The molecule has 0 heterocycles. The Labute approximate surface area is 297 Å². The molecule has 0 bridgehead atoms. The number of hydrogen-bond acceptors (Lipinski definition) is 4. The quantitative estimate of drug-likeness (QED) is 0.0344. The number of nitrogens with one attached hydrogen (secondary N) is 1. The summed E-state index contributed by atoms with van der Waals surface area (Å²) in [5.74, 6) is -1.01. The summed E-state index contributed by atoms with van der Waals surface area (Å²) >= 11 is 0. The highest BCUT2D eigenvalue weighted by Crippen LogP contribution is 2.16. The molecule has 0 aromatic heterocycles. The topological polar surface area (TPSA) is 104 Å². The van der Waals surface area contributed by atoms with Crippen molar-refractivity contribution in [2.45, 2.75) is 212 Å². The number of amides is 1. The van der Waals surface area contributed by atoms with Crippen LogP contribution >= 0.6 is 0 Å². The van der Waals surface area contributed by atoms with E-state index in [-0.39, 0.29) is 12.3 Å². The Bertz CT molecular complexity index is 899. The summed E-state index contributed by atoms with van der Waals surface area (Å²) in [6.07, 6.45) is 45.9. The van der Waals surface area contributed by atoms with Crippen molar-refractivity contribution in [2.75, 3.05) is 5.75 Å². The first kappa shape index (κ1) is 46.6. The third-order valence-corrected chi connectivity index (χ3v) is 9.84. The molecule has 1 amide bonds. The zero-order chi connectivity index (χ0) is 35.4. The van der Waals surface area contributed by atoms with Crippen molar-refractivity contribution < 1.29 is 22.9 Å². The van der Waals surface area contributed by atoms with Gasteiger partial charge in [0.25, 0.3) is 10.1 Å². The molecule has 0 saturated carbocycles. The Morgan fingerprint density at radius 3 is 1.29 bits per heavy atom. The standard InChI is InChI=1S/C41H77NO5S/c1-3-5-7-9-11-13-15-16-17-18-19-20-21-22-23-24-25-26-27-29-31-33-35-37-41(44)42-39(38-48(45,46)47)40(43)36-34-32-30-28-14-12-10-8-6-4-2/h6,8,14,28,34,36,39-40,43H,3-5,7,9-13,15-27,29-33,35,37-38H2,1-2H3,(H,42,44)(H,45,46,47)/b8-6+,28-14+,36-34+. The van der Waals surface area contributed by atoms with Crippen LogP contribution in [0, 0.1) is 0 Å². The van der Waals surface area contributed by atoms with Gasteiger partial charge in [-0.15, -0.1) is 0 Å². The molecule has 0 spiro atoms. The molecule has 282 valence electrons. The SMILES string of the molecule is CC/C=C/CC/C=C/CC/C=C/C(O)C(CS(=O)(=O)O)NC(=O)CCCCCCCCCCCCCCCCCCCCCCCCC. The number of carbonyl (C=O) groups is 1. The number of unbranched alkanes of at least 4 members (excludes halogenated alkanes) is 24. The summed E-state index contributed by atoms with van der Waals surface area (Å²) in [7, 11) is -4.35. The van der Waals surface area contributed by atoms with Crippen LogP contribution in [-0.2, 0) is 14.9 Å². The maximum atomic E-state index is 12.5. The molecular weight excluding hydrogens is 619 g/mol. The summed E-state index contributed by atoms with van der Waals surface area (Å²) in [5, 5.41) is 13.1. The first-order chi connectivity index (χ1) is 23.3. The predicted molar refractivity (Wildman–Crippen MR) is 207 cm³/mol. The average Bonchev–Trinajstić information content (AvgIpc) is 3.05. The molecule has 6 nitrogen and oxygen atoms in total. The molecule has 0 radical (unpaired) electrons. The fraction of sp³-hybridized carbons (Fsp3) is 0.829. The van der Waals surface area contributed by atoms with E-state index in [4.69, 9.17) is 0 Å². The summed E-state index contributed by atoms with van der Waals surface area (Å²) < 4.78 is 32.3. The number of carbonyl (C=O) groups excluding carboxylic acids is 1. The Hall–Kier alpha value is -1.44. The lowest BCUT2D eigenvalue weighted by Gasteiger charge is -2.21. The fourth-order valence-electron chi connectivity index (χ4n) is 6.08. The zero-order valence-electron chi connectivity index (χ0n) is 31.4. The van der Waals surface area contributed by atoms with Gasteiger partial charge in [0.1, 0.15) is 0 Å². The van der Waals surface area contributed by atoms with Gasteiger partial charge in [0.05, 0.1) is 17.9 Å². The maximum Gasteiger partial charge on any atom is 0.267 e. The van der Waals surface area contributed by atoms with E-state index in [1.54, 1.807) is 6.08 Å². The van der Waals surface area contributed by atoms with E-state index < -0.39 is 28.0 Å². The predicted octanol–water partition coefficient (Wildman–Crippen LogP) is 11.7. The highest BCUT2D eigenvalue weighted by molar-refractivity contribution is 7.85. The zero-order valence-corrected chi connectivity index (χ0v) is 32.2. The van der Waals surface area contributed by atoms with Crippen molar-refractivity contribution in [2.24, 2.45) is 0 Å². The van der Waals surface area contributed by atoms with Gasteiger partial charge in [-0.1, -0.05) is 192 Å². The first-order valence-electron chi connectivity index (χ1n) is 20.2. The lowest BCUT2D eigenvalue weighted by Crippen LogP contribution is -2.46. The molecule has 0 aromatic carbocycles. The molecule has 0 aliphatic heterocycles. The molecule has 48 heavy (non-hydrogen) atoms. The number of aliphatic hydroxyl groups is 1. The summed E-state index contributed by atoms with van der Waals surface area (Å²) in [6, 6.07) is -1.07. The second-order valence-electron chi connectivity index (χ2n) is 13.9. The van der Waals surface area contributed by atoms with E-state index in [1.165, 1.54) is 134 Å². The van der Waals surface area contributed by atoms with Crippen LogP contribution in [-0.4, -0.2) is 41.9 Å². The Kier molecular flexibility index (Phi) is 34.3. The van der Waals surface area contributed by atoms with Gasteiger partial charge in [0.15, 0.2) is 0 Å². The van der Waals surface area contributed by atoms with E-state index in [1.807, 2.05) is 0 Å². The Morgan fingerprint density at radius 2 is 0.917 bits per heavy atom. The van der Waals surface area contributed by atoms with Crippen LogP contribution in [0.1, 0.15) is 200 Å². The Morgan fingerprint density at radius 1 is 0.562 bits per heavy atom. The van der Waals surface area contributed by atoms with Crippen LogP contribution in [0.5, 0.6) is 0 Å². The van der Waals surface area contributed by atoms with E-state index in [9.17, 15) is 22.9 Å². The minimum Gasteiger partial charge on any atom is -0.387 e. The first-order valence-corrected chi connectivity index (χ1v) is 21.8. The van der Waals surface area contributed by atoms with Crippen LogP contribution in [0.4, 0.5) is 0 Å². The molecule has 0 rings (SSSR count). The minimum atomic E-state index is -4.35. The summed E-state index contributed by atoms with van der Waals surface area (Å²) in [4.78, 5) is 12.5. The van der Waals surface area contributed by atoms with Crippen LogP contribution in [0.2, 0.25) is 0 Å². The molecule has 0 fully saturated rings. The van der Waals surface area contributed by atoms with E-state index in [0.29, 0.717) is 6.42 Å². The number of hydrogen-bond donors (Lipinski definition) is 3. The highest BCUT2D eigenvalue weighted by Gasteiger charge is 2.24. The van der Waals surface area contributed by atoms with Gasteiger partial charge in [0.2, 0.25) is 5.91 Å². The second kappa shape index (κ2) is 35.4. The third kappa shape index (κ3) is 35.9. The van der Waals surface area contributed by atoms with Crippen molar-refractivity contribution in [3.05, 3.63) is 36.5 Å². The fourth-order valence-corrected chi connectivity index (χ4v) is 6.81. The van der Waals surface area contributed by atoms with Gasteiger partial charge in [0, 0.05) is 6.42 Å². The van der Waals surface area contributed by atoms with Crippen molar-refractivity contribution in [3.8, 4) is 0 Å². The van der Waals surface area contributed by atoms with Crippen LogP contribution in [0.3, 0.4) is 0 Å². The smallest absolute Gasteiger partial charge is 0.267 e. The molecule has 2 unspecified atom stereocenters. The van der Waals surface area contributed by atoms with E-state index >= 15 is 0 Å². The van der Waals surface area contributed by atoms with Gasteiger partial charge in [-0.3, -0.25) is 9.35 Å². The van der Waals surface area contributed by atoms with E-state index in [2.05, 4.69) is 43.5 Å². The second-order valence-corrected chi connectivity index (χ2v) is 15.4.